The molecule has 0 spiro atoms. The number of hydrogen-bond donors (Lipinski definition) is 0. The highest BCUT2D eigenvalue weighted by Crippen LogP contribution is 2.48. The third-order valence-corrected chi connectivity index (χ3v) is 5.97. The molecule has 0 saturated carbocycles. The Kier molecular flexibility index (Phi) is 4.97. The largest absolute Gasteiger partial charge is 0.416 e. The highest BCUT2D eigenvalue weighted by molar-refractivity contribution is 6.23. The summed E-state index contributed by atoms with van der Waals surface area (Å²) in [5.41, 5.74) is 1.32. The van der Waals surface area contributed by atoms with Gasteiger partial charge in [0, 0.05) is 0 Å². The maximum absolute atomic E-state index is 13.5. The lowest BCUT2D eigenvalue weighted by atomic mass is 9.89. The molecule has 8 heteroatoms. The van der Waals surface area contributed by atoms with Gasteiger partial charge >= 0.3 is 6.18 Å². The number of rotatable bonds is 3. The Morgan fingerprint density at radius 1 is 0.818 bits per heavy atom. The predicted octanol–water partition coefficient (Wildman–Crippen LogP) is 5.06. The zero-order chi connectivity index (χ0) is 23.3. The van der Waals surface area contributed by atoms with Crippen LogP contribution in [0.1, 0.15) is 22.7 Å². The van der Waals surface area contributed by atoms with Crippen molar-refractivity contribution in [2.45, 2.75) is 25.2 Å². The van der Waals surface area contributed by atoms with Crippen molar-refractivity contribution < 1.29 is 27.6 Å². The molecule has 3 aromatic carbocycles. The van der Waals surface area contributed by atoms with E-state index in [9.17, 15) is 22.8 Å². The number of hydroxylamine groups is 1. The number of imide groups is 1. The summed E-state index contributed by atoms with van der Waals surface area (Å²) in [5.74, 6) is -2.04. The van der Waals surface area contributed by atoms with Crippen LogP contribution in [0, 0.1) is 12.8 Å². The lowest BCUT2D eigenvalue weighted by molar-refractivity contribution is -0.137. The number of carbonyl (C=O) groups is 2. The average Bonchev–Trinajstić information content (AvgIpc) is 3.31. The fraction of sp³-hybridized carbons (Fsp3) is 0.200. The van der Waals surface area contributed by atoms with Crippen molar-refractivity contribution in [3.63, 3.8) is 0 Å². The van der Waals surface area contributed by atoms with E-state index in [-0.39, 0.29) is 5.56 Å². The first-order valence-electron chi connectivity index (χ1n) is 10.4. The van der Waals surface area contributed by atoms with Crippen LogP contribution in [-0.4, -0.2) is 17.9 Å². The molecule has 0 bridgehead atoms. The van der Waals surface area contributed by atoms with Crippen LogP contribution >= 0.6 is 0 Å². The summed E-state index contributed by atoms with van der Waals surface area (Å²) in [7, 11) is 0. The maximum atomic E-state index is 13.5. The quantitative estimate of drug-likeness (QED) is 0.521. The molecule has 33 heavy (non-hydrogen) atoms. The Balaban J connectivity index is 1.60. The van der Waals surface area contributed by atoms with Gasteiger partial charge in [0.15, 0.2) is 6.10 Å². The van der Waals surface area contributed by atoms with Crippen molar-refractivity contribution in [1.82, 2.24) is 0 Å². The van der Waals surface area contributed by atoms with Crippen LogP contribution in [0.15, 0.2) is 78.9 Å². The van der Waals surface area contributed by atoms with Crippen molar-refractivity contribution in [3.8, 4) is 0 Å². The number of aryl methyl sites for hydroxylation is 1. The molecule has 0 aliphatic carbocycles. The van der Waals surface area contributed by atoms with Crippen LogP contribution in [-0.2, 0) is 20.6 Å². The molecule has 0 N–H and O–H groups in total. The second-order valence-electron chi connectivity index (χ2n) is 8.13. The molecule has 5 rings (SSSR count). The first-order chi connectivity index (χ1) is 15.8. The number of nitrogens with zero attached hydrogens (tertiary/aromatic N) is 2. The molecule has 168 valence electrons. The van der Waals surface area contributed by atoms with E-state index in [1.54, 1.807) is 54.6 Å². The van der Waals surface area contributed by atoms with Gasteiger partial charge in [-0.3, -0.25) is 14.4 Å². The summed E-state index contributed by atoms with van der Waals surface area (Å²) < 4.78 is 40.3. The number of halogens is 3. The van der Waals surface area contributed by atoms with E-state index in [1.807, 2.05) is 6.92 Å². The molecule has 0 radical (unpaired) electrons. The van der Waals surface area contributed by atoms with Gasteiger partial charge in [0.1, 0.15) is 5.92 Å². The Labute approximate surface area is 187 Å². The van der Waals surface area contributed by atoms with E-state index in [0.717, 1.165) is 22.6 Å². The third-order valence-electron chi connectivity index (χ3n) is 5.97. The molecule has 0 aromatic heterocycles. The highest BCUT2D eigenvalue weighted by atomic mass is 19.4. The van der Waals surface area contributed by atoms with Crippen molar-refractivity contribution in [2.24, 2.45) is 5.92 Å². The Morgan fingerprint density at radius 2 is 1.52 bits per heavy atom. The number of fused-ring (bicyclic) bond motifs is 1. The average molecular weight is 452 g/mol. The van der Waals surface area contributed by atoms with Gasteiger partial charge in [0.2, 0.25) is 5.91 Å². The van der Waals surface area contributed by atoms with Gasteiger partial charge in [-0.15, -0.1) is 0 Å². The summed E-state index contributed by atoms with van der Waals surface area (Å²) in [6.07, 6.45) is -5.69. The molecule has 0 unspecified atom stereocenters. The van der Waals surface area contributed by atoms with E-state index in [2.05, 4.69) is 0 Å². The fourth-order valence-electron chi connectivity index (χ4n) is 4.40. The molecule has 5 nitrogen and oxygen atoms in total. The van der Waals surface area contributed by atoms with Gasteiger partial charge in [-0.05, 0) is 48.9 Å². The van der Waals surface area contributed by atoms with Gasteiger partial charge in [-0.2, -0.15) is 13.2 Å². The van der Waals surface area contributed by atoms with Crippen LogP contribution in [0.25, 0.3) is 0 Å². The molecular formula is C25H19F3N2O3. The third kappa shape index (κ3) is 3.56. The van der Waals surface area contributed by atoms with E-state index < -0.39 is 41.6 Å². The van der Waals surface area contributed by atoms with E-state index in [1.165, 1.54) is 17.2 Å². The smallest absolute Gasteiger partial charge is 0.273 e. The maximum Gasteiger partial charge on any atom is 0.416 e. The number of anilines is 2. The Morgan fingerprint density at radius 3 is 2.18 bits per heavy atom. The normalized spacial score (nSPS) is 22.7. The second-order valence-corrected chi connectivity index (χ2v) is 8.13. The summed E-state index contributed by atoms with van der Waals surface area (Å²) in [6.45, 7) is 1.89. The van der Waals surface area contributed by atoms with Crippen molar-refractivity contribution in [1.29, 1.82) is 0 Å². The lowest BCUT2D eigenvalue weighted by Gasteiger charge is -2.29. The van der Waals surface area contributed by atoms with Gasteiger partial charge in [0.25, 0.3) is 5.91 Å². The topological polar surface area (TPSA) is 49.9 Å². The van der Waals surface area contributed by atoms with Crippen LogP contribution in [0.4, 0.5) is 24.5 Å². The molecule has 3 aromatic rings. The zero-order valence-corrected chi connectivity index (χ0v) is 17.5. The summed E-state index contributed by atoms with van der Waals surface area (Å²) in [5, 5.41) is 1.38. The summed E-state index contributed by atoms with van der Waals surface area (Å²) >= 11 is 0. The fourth-order valence-corrected chi connectivity index (χ4v) is 4.40. The van der Waals surface area contributed by atoms with Crippen LogP contribution in [0.3, 0.4) is 0 Å². The van der Waals surface area contributed by atoms with E-state index >= 15 is 0 Å². The monoisotopic (exact) mass is 452 g/mol. The predicted molar refractivity (Wildman–Crippen MR) is 115 cm³/mol. The molecule has 2 saturated heterocycles. The van der Waals surface area contributed by atoms with Crippen LogP contribution in [0.5, 0.6) is 0 Å². The molecule has 2 aliphatic rings. The zero-order valence-electron chi connectivity index (χ0n) is 17.5. The van der Waals surface area contributed by atoms with Gasteiger partial charge < -0.3 is 0 Å². The molecule has 2 heterocycles. The van der Waals surface area contributed by atoms with Gasteiger partial charge in [0.05, 0.1) is 23.0 Å². The lowest BCUT2D eigenvalue weighted by Crippen LogP contribution is -2.37. The Bertz CT molecular complexity index is 1210. The van der Waals surface area contributed by atoms with E-state index in [0.29, 0.717) is 11.4 Å². The molecule has 3 atom stereocenters. The second kappa shape index (κ2) is 7.74. The first-order valence-corrected chi connectivity index (χ1v) is 10.4. The number of amides is 2. The molecule has 2 fully saturated rings. The number of hydrogen-bond acceptors (Lipinski definition) is 4. The highest BCUT2D eigenvalue weighted by Gasteiger charge is 2.60. The summed E-state index contributed by atoms with van der Waals surface area (Å²) in [4.78, 5) is 33.8. The van der Waals surface area contributed by atoms with Crippen molar-refractivity contribution >= 4 is 23.2 Å². The minimum absolute atomic E-state index is 0.244. The van der Waals surface area contributed by atoms with Gasteiger partial charge in [-0.25, -0.2) is 9.96 Å². The Hall–Kier alpha value is -3.65. The van der Waals surface area contributed by atoms with Crippen LogP contribution < -0.4 is 9.96 Å². The number of benzene rings is 3. The minimum Gasteiger partial charge on any atom is -0.273 e. The molecule has 2 aliphatic heterocycles. The van der Waals surface area contributed by atoms with Crippen molar-refractivity contribution in [3.05, 3.63) is 95.6 Å². The molecule has 2 amide bonds. The number of carbonyl (C=O) groups excluding carboxylic acids is 2. The summed E-state index contributed by atoms with van der Waals surface area (Å²) in [6, 6.07) is 19.5. The first kappa shape index (κ1) is 21.2. The number of alkyl halides is 3. The van der Waals surface area contributed by atoms with E-state index in [4.69, 9.17) is 4.84 Å². The number of para-hydroxylation sites is 1. The van der Waals surface area contributed by atoms with Gasteiger partial charge in [-0.1, -0.05) is 48.0 Å². The van der Waals surface area contributed by atoms with Crippen LogP contribution in [0.2, 0.25) is 0 Å². The minimum atomic E-state index is -4.55. The molecular weight excluding hydrogens is 433 g/mol. The standard InChI is InChI=1S/C25H19F3N2O3/c1-15-10-12-18(13-11-15)29-23(31)20-21(16-6-5-7-17(14-16)25(26,27)28)30(33-22(20)24(29)32)19-8-3-2-4-9-19/h2-14,20-22H,1H3/t20-,21+,22+/m0/s1. The SMILES string of the molecule is Cc1ccc(N2C(=O)[C@H]3[C@@H](c4cccc(C(F)(F)F)c4)N(c4ccccc4)O[C@H]3C2=O)cc1. The van der Waals surface area contributed by atoms with Crippen molar-refractivity contribution in [2.75, 3.05) is 9.96 Å².